The number of furan rings is 1. The Kier molecular flexibility index (Phi) is 4.40. The number of carbonyl (C=O) groups is 1. The lowest BCUT2D eigenvalue weighted by Crippen LogP contribution is -2.43. The predicted molar refractivity (Wildman–Crippen MR) is 93.1 cm³/mol. The van der Waals surface area contributed by atoms with Crippen LogP contribution in [0.4, 0.5) is 0 Å². The van der Waals surface area contributed by atoms with Gasteiger partial charge in [-0.1, -0.05) is 23.2 Å². The molecule has 7 heteroatoms. The topological polar surface area (TPSA) is 62.5 Å². The first-order valence-electron chi connectivity index (χ1n) is 7.00. The van der Waals surface area contributed by atoms with Crippen LogP contribution in [0.25, 0.3) is 11.3 Å². The largest absolute Gasteiger partial charge is 0.480 e. The zero-order valence-corrected chi connectivity index (χ0v) is 14.8. The first-order valence-corrected chi connectivity index (χ1v) is 8.63. The van der Waals surface area contributed by atoms with Gasteiger partial charge in [0.2, 0.25) is 0 Å². The van der Waals surface area contributed by atoms with Crippen LogP contribution in [-0.2, 0) is 4.79 Å². The van der Waals surface area contributed by atoms with E-state index in [-0.39, 0.29) is 5.37 Å². The molecule has 23 heavy (non-hydrogen) atoms. The normalized spacial score (nSPS) is 23.1. The Bertz CT molecular complexity index is 760. The minimum Gasteiger partial charge on any atom is -0.480 e. The molecular weight excluding hydrogens is 357 g/mol. The molecule has 0 saturated carbocycles. The van der Waals surface area contributed by atoms with Gasteiger partial charge in [0.25, 0.3) is 0 Å². The molecule has 0 aliphatic carbocycles. The molecule has 2 N–H and O–H groups in total. The standard InChI is InChI=1S/C16H15Cl2NO3S/c1-16(2)13(15(20)21)19-14(23-16)12-6-5-11(22-12)9-7-8(17)3-4-10(9)18/h3-7,13-14,19H,1-2H3,(H,20,21). The molecule has 3 rings (SSSR count). The summed E-state index contributed by atoms with van der Waals surface area (Å²) in [4.78, 5) is 11.4. The van der Waals surface area contributed by atoms with Crippen LogP contribution in [0.2, 0.25) is 10.0 Å². The molecule has 1 aliphatic rings. The summed E-state index contributed by atoms with van der Waals surface area (Å²) in [6.07, 6.45) is 0. The minimum absolute atomic E-state index is 0.224. The minimum atomic E-state index is -0.866. The molecule has 2 atom stereocenters. The molecule has 1 fully saturated rings. The van der Waals surface area contributed by atoms with E-state index in [0.717, 1.165) is 0 Å². The highest BCUT2D eigenvalue weighted by molar-refractivity contribution is 8.01. The van der Waals surface area contributed by atoms with Crippen molar-refractivity contribution in [3.63, 3.8) is 0 Å². The van der Waals surface area contributed by atoms with E-state index in [1.54, 1.807) is 18.2 Å². The van der Waals surface area contributed by atoms with Crippen LogP contribution >= 0.6 is 35.0 Å². The van der Waals surface area contributed by atoms with Crippen molar-refractivity contribution in [3.05, 3.63) is 46.1 Å². The first kappa shape index (κ1) is 16.7. The highest BCUT2D eigenvalue weighted by atomic mass is 35.5. The molecule has 1 aromatic carbocycles. The molecule has 1 aromatic heterocycles. The Hall–Kier alpha value is -1.14. The summed E-state index contributed by atoms with van der Waals surface area (Å²) in [5, 5.41) is 13.3. The van der Waals surface area contributed by atoms with Crippen LogP contribution in [0.1, 0.15) is 25.0 Å². The summed E-state index contributed by atoms with van der Waals surface area (Å²) in [6, 6.07) is 8.18. The summed E-state index contributed by atoms with van der Waals surface area (Å²) in [7, 11) is 0. The van der Waals surface area contributed by atoms with E-state index < -0.39 is 16.8 Å². The van der Waals surface area contributed by atoms with Gasteiger partial charge in [0.05, 0.1) is 5.02 Å². The lowest BCUT2D eigenvalue weighted by atomic mass is 10.0. The van der Waals surface area contributed by atoms with Crippen molar-refractivity contribution < 1.29 is 14.3 Å². The summed E-state index contributed by atoms with van der Waals surface area (Å²) < 4.78 is 5.46. The molecule has 0 spiro atoms. The van der Waals surface area contributed by atoms with Gasteiger partial charge in [0.1, 0.15) is 22.9 Å². The van der Waals surface area contributed by atoms with Gasteiger partial charge in [-0.2, -0.15) is 0 Å². The second-order valence-corrected chi connectivity index (χ2v) is 8.47. The van der Waals surface area contributed by atoms with Crippen LogP contribution in [0.15, 0.2) is 34.7 Å². The van der Waals surface area contributed by atoms with E-state index in [1.165, 1.54) is 11.8 Å². The molecule has 122 valence electrons. The Morgan fingerprint density at radius 2 is 2.04 bits per heavy atom. The average molecular weight is 372 g/mol. The average Bonchev–Trinajstić information content (AvgIpc) is 3.05. The summed E-state index contributed by atoms with van der Waals surface area (Å²) in [5.41, 5.74) is 0.711. The van der Waals surface area contributed by atoms with Crippen LogP contribution in [-0.4, -0.2) is 21.9 Å². The zero-order chi connectivity index (χ0) is 16.8. The van der Waals surface area contributed by atoms with Crippen molar-refractivity contribution in [1.29, 1.82) is 0 Å². The number of hydrogen-bond acceptors (Lipinski definition) is 4. The molecular formula is C16H15Cl2NO3S. The lowest BCUT2D eigenvalue weighted by molar-refractivity contribution is -0.139. The smallest absolute Gasteiger partial charge is 0.322 e. The molecule has 0 amide bonds. The predicted octanol–water partition coefficient (Wildman–Crippen LogP) is 4.82. The maximum atomic E-state index is 11.4. The molecule has 2 aromatic rings. The molecule has 2 heterocycles. The van der Waals surface area contributed by atoms with E-state index in [4.69, 9.17) is 27.6 Å². The first-order chi connectivity index (χ1) is 10.8. The second-order valence-electron chi connectivity index (χ2n) is 5.87. The molecule has 4 nitrogen and oxygen atoms in total. The third kappa shape index (κ3) is 3.24. The van der Waals surface area contributed by atoms with Crippen molar-refractivity contribution in [3.8, 4) is 11.3 Å². The van der Waals surface area contributed by atoms with E-state index in [0.29, 0.717) is 27.1 Å². The van der Waals surface area contributed by atoms with E-state index in [1.807, 2.05) is 26.0 Å². The van der Waals surface area contributed by atoms with Gasteiger partial charge < -0.3 is 9.52 Å². The maximum Gasteiger partial charge on any atom is 0.322 e. The third-order valence-electron chi connectivity index (χ3n) is 3.76. The Morgan fingerprint density at radius 3 is 2.70 bits per heavy atom. The zero-order valence-electron chi connectivity index (χ0n) is 12.5. The van der Waals surface area contributed by atoms with Crippen molar-refractivity contribution in [2.75, 3.05) is 0 Å². The van der Waals surface area contributed by atoms with Gasteiger partial charge in [-0.3, -0.25) is 10.1 Å². The van der Waals surface area contributed by atoms with Crippen LogP contribution in [0.3, 0.4) is 0 Å². The maximum absolute atomic E-state index is 11.4. The highest BCUT2D eigenvalue weighted by Crippen LogP contribution is 2.46. The Labute approximate surface area is 148 Å². The van der Waals surface area contributed by atoms with Crippen molar-refractivity contribution >= 4 is 40.9 Å². The van der Waals surface area contributed by atoms with Gasteiger partial charge >= 0.3 is 5.97 Å². The molecule has 1 saturated heterocycles. The number of carboxylic acids is 1. The molecule has 0 bridgehead atoms. The van der Waals surface area contributed by atoms with Crippen LogP contribution in [0, 0.1) is 0 Å². The number of hydrogen-bond donors (Lipinski definition) is 2. The number of thioether (sulfide) groups is 1. The number of rotatable bonds is 3. The fourth-order valence-corrected chi connectivity index (χ4v) is 4.33. The Balaban J connectivity index is 1.89. The van der Waals surface area contributed by atoms with Gasteiger partial charge in [0.15, 0.2) is 0 Å². The molecule has 0 radical (unpaired) electrons. The van der Waals surface area contributed by atoms with E-state index >= 15 is 0 Å². The summed E-state index contributed by atoms with van der Waals surface area (Å²) >= 11 is 13.7. The van der Waals surface area contributed by atoms with Crippen molar-refractivity contribution in [2.24, 2.45) is 0 Å². The van der Waals surface area contributed by atoms with E-state index in [9.17, 15) is 9.90 Å². The lowest BCUT2D eigenvalue weighted by Gasteiger charge is -2.20. The molecule has 1 aliphatic heterocycles. The van der Waals surface area contributed by atoms with Crippen LogP contribution < -0.4 is 5.32 Å². The Morgan fingerprint density at radius 1 is 1.30 bits per heavy atom. The number of nitrogens with one attached hydrogen (secondary N) is 1. The van der Waals surface area contributed by atoms with Crippen molar-refractivity contribution in [2.45, 2.75) is 30.0 Å². The molecule has 2 unspecified atom stereocenters. The van der Waals surface area contributed by atoms with Gasteiger partial charge in [-0.25, -0.2) is 0 Å². The summed E-state index contributed by atoms with van der Waals surface area (Å²) in [6.45, 7) is 3.81. The fraction of sp³-hybridized carbons (Fsp3) is 0.312. The number of carboxylic acid groups (broad SMARTS) is 1. The fourth-order valence-electron chi connectivity index (χ4n) is 2.59. The number of halogens is 2. The third-order valence-corrected chi connectivity index (χ3v) is 5.77. The van der Waals surface area contributed by atoms with Gasteiger partial charge in [-0.15, -0.1) is 11.8 Å². The highest BCUT2D eigenvalue weighted by Gasteiger charge is 2.46. The number of benzene rings is 1. The van der Waals surface area contributed by atoms with Gasteiger partial charge in [-0.05, 0) is 44.2 Å². The quantitative estimate of drug-likeness (QED) is 0.809. The number of aliphatic carboxylic acids is 1. The van der Waals surface area contributed by atoms with Crippen molar-refractivity contribution in [1.82, 2.24) is 5.32 Å². The monoisotopic (exact) mass is 371 g/mol. The second kappa shape index (κ2) is 6.06. The van der Waals surface area contributed by atoms with Gasteiger partial charge in [0, 0.05) is 15.3 Å². The van der Waals surface area contributed by atoms with Crippen LogP contribution in [0.5, 0.6) is 0 Å². The summed E-state index contributed by atoms with van der Waals surface area (Å²) in [5.74, 6) is 0.402. The SMILES string of the molecule is CC1(C)SC(c2ccc(-c3cc(Cl)ccc3Cl)o2)NC1C(=O)O. The van der Waals surface area contributed by atoms with E-state index in [2.05, 4.69) is 5.32 Å².